The van der Waals surface area contributed by atoms with E-state index in [2.05, 4.69) is 5.32 Å². The van der Waals surface area contributed by atoms with Gasteiger partial charge in [0.2, 0.25) is 0 Å². The van der Waals surface area contributed by atoms with Gasteiger partial charge in [0, 0.05) is 12.0 Å². The van der Waals surface area contributed by atoms with Gasteiger partial charge in [0.1, 0.15) is 0 Å². The third-order valence-corrected chi connectivity index (χ3v) is 4.18. The SMILES string of the molecule is C[C@@H](CC(=O)[C@@H](Cc1ccc(C#N)cc1)NC(=O)c1ccccc1)C(=O)O. The molecular weight excluding hydrogens is 344 g/mol. The highest BCUT2D eigenvalue weighted by molar-refractivity contribution is 5.98. The molecule has 0 aromatic heterocycles. The molecule has 2 N–H and O–H groups in total. The molecule has 2 atom stereocenters. The monoisotopic (exact) mass is 364 g/mol. The molecule has 0 fully saturated rings. The van der Waals surface area contributed by atoms with Crippen LogP contribution in [0.25, 0.3) is 0 Å². The van der Waals surface area contributed by atoms with Gasteiger partial charge in [-0.1, -0.05) is 37.3 Å². The summed E-state index contributed by atoms with van der Waals surface area (Å²) in [6.07, 6.45) is 0.0425. The maximum atomic E-state index is 12.6. The molecule has 1 amide bonds. The van der Waals surface area contributed by atoms with Gasteiger partial charge in [-0.2, -0.15) is 5.26 Å². The Labute approximate surface area is 157 Å². The van der Waals surface area contributed by atoms with Crippen LogP contribution in [0.1, 0.15) is 34.8 Å². The summed E-state index contributed by atoms with van der Waals surface area (Å²) in [5.74, 6) is -2.64. The van der Waals surface area contributed by atoms with Crippen LogP contribution >= 0.6 is 0 Å². The summed E-state index contributed by atoms with van der Waals surface area (Å²) in [5.41, 5.74) is 1.68. The number of carboxylic acids is 1. The predicted octanol–water partition coefficient (Wildman–Crippen LogP) is 2.58. The first-order chi connectivity index (χ1) is 12.9. The number of carbonyl (C=O) groups is 3. The smallest absolute Gasteiger partial charge is 0.306 e. The molecule has 0 saturated carbocycles. The summed E-state index contributed by atoms with van der Waals surface area (Å²) in [6.45, 7) is 1.46. The van der Waals surface area contributed by atoms with Gasteiger partial charge in [-0.15, -0.1) is 0 Å². The largest absolute Gasteiger partial charge is 0.481 e. The molecule has 0 radical (unpaired) electrons. The van der Waals surface area contributed by atoms with Gasteiger partial charge >= 0.3 is 5.97 Å². The minimum Gasteiger partial charge on any atom is -0.481 e. The second kappa shape index (κ2) is 9.30. The molecule has 0 aliphatic carbocycles. The van der Waals surface area contributed by atoms with Crippen LogP contribution in [0.3, 0.4) is 0 Å². The van der Waals surface area contributed by atoms with E-state index in [1.807, 2.05) is 6.07 Å². The van der Waals surface area contributed by atoms with Crippen LogP contribution < -0.4 is 5.32 Å². The molecule has 2 rings (SSSR count). The summed E-state index contributed by atoms with van der Waals surface area (Å²) in [5, 5.41) is 20.6. The minimum atomic E-state index is -1.06. The number of nitrogens with one attached hydrogen (secondary N) is 1. The Balaban J connectivity index is 2.18. The number of amides is 1. The number of carboxylic acid groups (broad SMARTS) is 1. The standard InChI is InChI=1S/C21H20N2O4/c1-14(21(26)27)11-19(24)18(12-15-7-9-16(13-22)10-8-15)23-20(25)17-5-3-2-4-6-17/h2-10,14,18H,11-12H2,1H3,(H,23,25)(H,26,27)/t14-,18+/m0/s1. The van der Waals surface area contributed by atoms with Gasteiger partial charge < -0.3 is 10.4 Å². The van der Waals surface area contributed by atoms with E-state index in [0.29, 0.717) is 11.1 Å². The first-order valence-corrected chi connectivity index (χ1v) is 8.51. The van der Waals surface area contributed by atoms with Crippen LogP contribution in [-0.2, 0) is 16.0 Å². The Kier molecular flexibility index (Phi) is 6.84. The lowest BCUT2D eigenvalue weighted by Gasteiger charge is -2.19. The van der Waals surface area contributed by atoms with Gasteiger partial charge in [0.15, 0.2) is 5.78 Å². The van der Waals surface area contributed by atoms with Crippen molar-refractivity contribution in [3.8, 4) is 6.07 Å². The number of nitriles is 1. The van der Waals surface area contributed by atoms with Crippen molar-refractivity contribution in [2.75, 3.05) is 0 Å². The van der Waals surface area contributed by atoms with Gasteiger partial charge in [-0.25, -0.2) is 0 Å². The first kappa shape index (κ1) is 19.9. The summed E-state index contributed by atoms with van der Waals surface area (Å²) in [6, 6.07) is 16.4. The van der Waals surface area contributed by atoms with Crippen molar-refractivity contribution in [2.24, 2.45) is 5.92 Å². The van der Waals surface area contributed by atoms with E-state index in [0.717, 1.165) is 5.56 Å². The highest BCUT2D eigenvalue weighted by atomic mass is 16.4. The number of hydrogen-bond donors (Lipinski definition) is 2. The Morgan fingerprint density at radius 2 is 1.70 bits per heavy atom. The number of aliphatic carboxylic acids is 1. The number of benzene rings is 2. The number of ketones is 1. The molecule has 0 aliphatic rings. The van der Waals surface area contributed by atoms with Crippen LogP contribution in [0, 0.1) is 17.2 Å². The molecule has 0 heterocycles. The maximum Gasteiger partial charge on any atom is 0.306 e. The molecule has 27 heavy (non-hydrogen) atoms. The fraction of sp³-hybridized carbons (Fsp3) is 0.238. The lowest BCUT2D eigenvalue weighted by molar-refractivity contribution is -0.143. The number of carbonyl (C=O) groups excluding carboxylic acids is 2. The Bertz CT molecular complexity index is 854. The van der Waals surface area contributed by atoms with Gasteiger partial charge in [-0.05, 0) is 36.2 Å². The molecule has 138 valence electrons. The van der Waals surface area contributed by atoms with Crippen molar-refractivity contribution < 1.29 is 19.5 Å². The fourth-order valence-electron chi connectivity index (χ4n) is 2.56. The lowest BCUT2D eigenvalue weighted by atomic mass is 9.95. The summed E-state index contributed by atoms with van der Waals surface area (Å²) in [7, 11) is 0. The second-order valence-corrected chi connectivity index (χ2v) is 6.31. The molecule has 0 bridgehead atoms. The topological polar surface area (TPSA) is 107 Å². The van der Waals surface area contributed by atoms with Crippen molar-refractivity contribution in [1.29, 1.82) is 5.26 Å². The van der Waals surface area contributed by atoms with E-state index in [9.17, 15) is 14.4 Å². The van der Waals surface area contributed by atoms with Crippen molar-refractivity contribution in [3.05, 3.63) is 71.3 Å². The van der Waals surface area contributed by atoms with Crippen molar-refractivity contribution in [3.63, 3.8) is 0 Å². The summed E-state index contributed by atoms with van der Waals surface area (Å²) < 4.78 is 0. The second-order valence-electron chi connectivity index (χ2n) is 6.31. The Morgan fingerprint density at radius 1 is 1.07 bits per heavy atom. The van der Waals surface area contributed by atoms with Crippen molar-refractivity contribution in [2.45, 2.75) is 25.8 Å². The normalized spacial score (nSPS) is 12.4. The predicted molar refractivity (Wildman–Crippen MR) is 99.0 cm³/mol. The van der Waals surface area contributed by atoms with E-state index in [4.69, 9.17) is 10.4 Å². The number of rotatable bonds is 8. The van der Waals surface area contributed by atoms with Crippen molar-refractivity contribution in [1.82, 2.24) is 5.32 Å². The Hall–Kier alpha value is -3.46. The molecule has 6 nitrogen and oxygen atoms in total. The molecule has 6 heteroatoms. The maximum absolute atomic E-state index is 12.6. The van der Waals surface area contributed by atoms with Gasteiger partial charge in [-0.3, -0.25) is 14.4 Å². The van der Waals surface area contributed by atoms with Crippen LogP contribution in [0.5, 0.6) is 0 Å². The van der Waals surface area contributed by atoms with Crippen LogP contribution in [0.2, 0.25) is 0 Å². The third-order valence-electron chi connectivity index (χ3n) is 4.18. The fourth-order valence-corrected chi connectivity index (χ4v) is 2.56. The van der Waals surface area contributed by atoms with E-state index < -0.39 is 23.8 Å². The molecule has 0 aliphatic heterocycles. The Morgan fingerprint density at radius 3 is 2.26 bits per heavy atom. The molecular formula is C21H20N2O4. The third kappa shape index (κ3) is 5.79. The zero-order valence-electron chi connectivity index (χ0n) is 14.9. The quantitative estimate of drug-likeness (QED) is 0.748. The van der Waals surface area contributed by atoms with Crippen LogP contribution in [-0.4, -0.2) is 28.8 Å². The average Bonchev–Trinajstić information content (AvgIpc) is 2.68. The lowest BCUT2D eigenvalue weighted by Crippen LogP contribution is -2.43. The van der Waals surface area contributed by atoms with Crippen LogP contribution in [0.4, 0.5) is 0 Å². The first-order valence-electron chi connectivity index (χ1n) is 8.51. The van der Waals surface area contributed by atoms with E-state index in [1.165, 1.54) is 6.92 Å². The summed E-state index contributed by atoms with van der Waals surface area (Å²) >= 11 is 0. The molecule has 0 saturated heterocycles. The number of hydrogen-bond acceptors (Lipinski definition) is 4. The van der Waals surface area contributed by atoms with Crippen LogP contribution in [0.15, 0.2) is 54.6 Å². The van der Waals surface area contributed by atoms with E-state index in [1.54, 1.807) is 54.6 Å². The van der Waals surface area contributed by atoms with E-state index in [-0.39, 0.29) is 18.6 Å². The van der Waals surface area contributed by atoms with E-state index >= 15 is 0 Å². The number of nitrogens with zero attached hydrogens (tertiary/aromatic N) is 1. The number of Topliss-reactive ketones (excluding diaryl/α,β-unsaturated/α-hetero) is 1. The molecule has 0 unspecified atom stereocenters. The minimum absolute atomic E-state index is 0.175. The van der Waals surface area contributed by atoms with Gasteiger partial charge in [0.25, 0.3) is 5.91 Å². The summed E-state index contributed by atoms with van der Waals surface area (Å²) in [4.78, 5) is 36.1. The highest BCUT2D eigenvalue weighted by Gasteiger charge is 2.25. The zero-order chi connectivity index (χ0) is 19.8. The molecule has 2 aromatic carbocycles. The highest BCUT2D eigenvalue weighted by Crippen LogP contribution is 2.12. The molecule has 0 spiro atoms. The zero-order valence-corrected chi connectivity index (χ0v) is 14.9. The average molecular weight is 364 g/mol. The molecule has 2 aromatic rings. The van der Waals surface area contributed by atoms with Crippen molar-refractivity contribution >= 4 is 17.7 Å². The van der Waals surface area contributed by atoms with Gasteiger partial charge in [0.05, 0.1) is 23.6 Å².